The first-order valence-electron chi connectivity index (χ1n) is 12.6. The minimum atomic E-state index is -0.428. The zero-order chi connectivity index (χ0) is 27.8. The van der Waals surface area contributed by atoms with Crippen LogP contribution in [0, 0.1) is 0 Å². The minimum absolute atomic E-state index is 0.0288. The lowest BCUT2D eigenvalue weighted by atomic mass is 9.79. The fourth-order valence-corrected chi connectivity index (χ4v) is 4.74. The molecule has 0 heterocycles. The summed E-state index contributed by atoms with van der Waals surface area (Å²) in [5.41, 5.74) is 7.18. The monoisotopic (exact) mass is 522 g/mol. The molecule has 0 N–H and O–H groups in total. The summed E-state index contributed by atoms with van der Waals surface area (Å²) in [4.78, 5) is 36.1. The molecular formula is C33H30O6. The molecule has 0 saturated heterocycles. The molecule has 0 bridgehead atoms. The zero-order valence-electron chi connectivity index (χ0n) is 22.2. The van der Waals surface area contributed by atoms with Crippen LogP contribution in [-0.4, -0.2) is 17.9 Å². The van der Waals surface area contributed by atoms with Gasteiger partial charge in [0.25, 0.3) is 0 Å². The Hall–Kier alpha value is -4.71. The number of rotatable bonds is 9. The van der Waals surface area contributed by atoms with Gasteiger partial charge in [0.1, 0.15) is 19.8 Å². The normalized spacial score (nSPS) is 10.5. The Morgan fingerprint density at radius 2 is 0.667 bits per heavy atom. The molecule has 0 atom stereocenters. The molecular weight excluding hydrogens is 492 g/mol. The van der Waals surface area contributed by atoms with E-state index in [-0.39, 0.29) is 19.8 Å². The molecule has 6 nitrogen and oxygen atoms in total. The van der Waals surface area contributed by atoms with Crippen molar-refractivity contribution in [1.82, 2.24) is 0 Å². The van der Waals surface area contributed by atoms with Crippen LogP contribution in [0.4, 0.5) is 0 Å². The van der Waals surface area contributed by atoms with Gasteiger partial charge in [-0.25, -0.2) is 0 Å². The lowest BCUT2D eigenvalue weighted by molar-refractivity contribution is -0.142. The van der Waals surface area contributed by atoms with Crippen molar-refractivity contribution in [2.75, 3.05) is 0 Å². The van der Waals surface area contributed by atoms with Crippen LogP contribution >= 0.6 is 0 Å². The summed E-state index contributed by atoms with van der Waals surface area (Å²) in [6, 6.07) is 29.2. The maximum absolute atomic E-state index is 12.0. The number of hydrogen-bond donors (Lipinski definition) is 0. The van der Waals surface area contributed by atoms with E-state index >= 15 is 0 Å². The highest BCUT2D eigenvalue weighted by molar-refractivity contribution is 5.92. The Morgan fingerprint density at radius 3 is 0.872 bits per heavy atom. The predicted molar refractivity (Wildman–Crippen MR) is 149 cm³/mol. The van der Waals surface area contributed by atoms with Crippen molar-refractivity contribution < 1.29 is 28.6 Å². The van der Waals surface area contributed by atoms with Gasteiger partial charge in [0.15, 0.2) is 0 Å². The SMILES string of the molecule is CC(=O)OCc1c(-c2ccccc2)c(COC(C)=O)c(-c2ccccc2)c(COC(C)=O)c1-c1ccccc1. The number of hydrogen-bond acceptors (Lipinski definition) is 6. The van der Waals surface area contributed by atoms with E-state index in [2.05, 4.69) is 0 Å². The summed E-state index contributed by atoms with van der Waals surface area (Å²) >= 11 is 0. The van der Waals surface area contributed by atoms with E-state index in [1.807, 2.05) is 91.0 Å². The van der Waals surface area contributed by atoms with Gasteiger partial charge in [0, 0.05) is 37.5 Å². The quantitative estimate of drug-likeness (QED) is 0.176. The Kier molecular flexibility index (Phi) is 8.90. The molecule has 198 valence electrons. The van der Waals surface area contributed by atoms with Gasteiger partial charge >= 0.3 is 17.9 Å². The van der Waals surface area contributed by atoms with E-state index in [0.717, 1.165) is 50.1 Å². The second-order valence-electron chi connectivity index (χ2n) is 9.00. The molecule has 4 aromatic rings. The van der Waals surface area contributed by atoms with Gasteiger partial charge in [0.05, 0.1) is 0 Å². The molecule has 0 spiro atoms. The van der Waals surface area contributed by atoms with E-state index < -0.39 is 17.9 Å². The van der Waals surface area contributed by atoms with Crippen molar-refractivity contribution in [2.24, 2.45) is 0 Å². The van der Waals surface area contributed by atoms with Crippen LogP contribution < -0.4 is 0 Å². The maximum atomic E-state index is 12.0. The summed E-state index contributed by atoms with van der Waals surface area (Å²) in [5, 5.41) is 0. The Morgan fingerprint density at radius 1 is 0.436 bits per heavy atom. The van der Waals surface area contributed by atoms with E-state index in [1.54, 1.807) is 0 Å². The van der Waals surface area contributed by atoms with Gasteiger partial charge in [-0.3, -0.25) is 14.4 Å². The van der Waals surface area contributed by atoms with Gasteiger partial charge in [-0.2, -0.15) is 0 Å². The topological polar surface area (TPSA) is 78.9 Å². The van der Waals surface area contributed by atoms with Crippen molar-refractivity contribution in [1.29, 1.82) is 0 Å². The summed E-state index contributed by atoms with van der Waals surface area (Å²) in [6.07, 6.45) is 0. The first kappa shape index (κ1) is 27.3. The number of benzene rings is 4. The van der Waals surface area contributed by atoms with Gasteiger partial charge in [-0.15, -0.1) is 0 Å². The molecule has 0 aliphatic rings. The highest BCUT2D eigenvalue weighted by atomic mass is 16.5. The van der Waals surface area contributed by atoms with E-state index in [9.17, 15) is 14.4 Å². The summed E-state index contributed by atoms with van der Waals surface area (Å²) in [7, 11) is 0. The first-order valence-corrected chi connectivity index (χ1v) is 12.6. The largest absolute Gasteiger partial charge is 0.461 e. The number of esters is 3. The number of carbonyl (C=O) groups is 3. The molecule has 0 aliphatic heterocycles. The van der Waals surface area contributed by atoms with Gasteiger partial charge in [0.2, 0.25) is 0 Å². The molecule has 0 fully saturated rings. The molecule has 0 radical (unpaired) electrons. The molecule has 0 aromatic heterocycles. The lowest BCUT2D eigenvalue weighted by Gasteiger charge is -2.27. The van der Waals surface area contributed by atoms with E-state index in [0.29, 0.717) is 0 Å². The molecule has 4 rings (SSSR count). The number of carbonyl (C=O) groups excluding carboxylic acids is 3. The third kappa shape index (κ3) is 6.60. The van der Waals surface area contributed by atoms with Crippen molar-refractivity contribution in [3.05, 3.63) is 108 Å². The van der Waals surface area contributed by atoms with Crippen LogP contribution in [-0.2, 0) is 48.4 Å². The Balaban J connectivity index is 2.22. The van der Waals surface area contributed by atoms with Crippen molar-refractivity contribution >= 4 is 17.9 Å². The predicted octanol–water partition coefficient (Wildman–Crippen LogP) is 6.88. The second kappa shape index (κ2) is 12.7. The molecule has 0 amide bonds. The summed E-state index contributed by atoms with van der Waals surface area (Å²) in [6.45, 7) is 4.00. The molecule has 0 unspecified atom stereocenters. The van der Waals surface area contributed by atoms with Crippen LogP contribution in [0.3, 0.4) is 0 Å². The van der Waals surface area contributed by atoms with Gasteiger partial charge in [-0.1, -0.05) is 91.0 Å². The van der Waals surface area contributed by atoms with E-state index in [1.165, 1.54) is 20.8 Å². The first-order chi connectivity index (χ1) is 18.9. The van der Waals surface area contributed by atoms with Crippen molar-refractivity contribution in [2.45, 2.75) is 40.6 Å². The zero-order valence-corrected chi connectivity index (χ0v) is 22.2. The Bertz CT molecular complexity index is 1260. The smallest absolute Gasteiger partial charge is 0.302 e. The Labute approximate surface area is 228 Å². The van der Waals surface area contributed by atoms with Crippen LogP contribution in [0.1, 0.15) is 37.5 Å². The highest BCUT2D eigenvalue weighted by Crippen LogP contribution is 2.46. The van der Waals surface area contributed by atoms with Crippen molar-refractivity contribution in [3.63, 3.8) is 0 Å². The average molecular weight is 523 g/mol. The fraction of sp³-hybridized carbons (Fsp3) is 0.182. The molecule has 0 aliphatic carbocycles. The van der Waals surface area contributed by atoms with Crippen LogP contribution in [0.25, 0.3) is 33.4 Å². The van der Waals surface area contributed by atoms with Crippen LogP contribution in [0.5, 0.6) is 0 Å². The average Bonchev–Trinajstić information content (AvgIpc) is 2.94. The minimum Gasteiger partial charge on any atom is -0.461 e. The molecule has 0 saturated carbocycles. The summed E-state index contributed by atoms with van der Waals surface area (Å²) < 4.78 is 16.8. The fourth-order valence-electron chi connectivity index (χ4n) is 4.74. The lowest BCUT2D eigenvalue weighted by Crippen LogP contribution is -2.13. The number of ether oxygens (including phenoxy) is 3. The van der Waals surface area contributed by atoms with Gasteiger partial charge < -0.3 is 14.2 Å². The maximum Gasteiger partial charge on any atom is 0.302 e. The standard InChI is InChI=1S/C33H30O6/c1-22(34)37-19-28-31(25-13-7-4-8-14-25)29(20-38-23(2)35)33(27-17-11-6-12-18-27)30(21-39-24(3)36)32(28)26-15-9-5-10-16-26/h4-18H,19-21H2,1-3H3. The highest BCUT2D eigenvalue weighted by Gasteiger charge is 2.28. The van der Waals surface area contributed by atoms with Crippen LogP contribution in [0.2, 0.25) is 0 Å². The van der Waals surface area contributed by atoms with E-state index in [4.69, 9.17) is 14.2 Å². The molecule has 4 aromatic carbocycles. The third-order valence-electron chi connectivity index (χ3n) is 6.26. The second-order valence-corrected chi connectivity index (χ2v) is 9.00. The van der Waals surface area contributed by atoms with Gasteiger partial charge in [-0.05, 0) is 33.4 Å². The molecule has 6 heteroatoms. The van der Waals surface area contributed by atoms with Crippen molar-refractivity contribution in [3.8, 4) is 33.4 Å². The summed E-state index contributed by atoms with van der Waals surface area (Å²) in [5.74, 6) is -1.28. The molecule has 39 heavy (non-hydrogen) atoms. The third-order valence-corrected chi connectivity index (χ3v) is 6.26. The van der Waals surface area contributed by atoms with Crippen LogP contribution in [0.15, 0.2) is 91.0 Å².